The molecule has 2 aliphatic rings. The molecule has 0 unspecified atom stereocenters. The van der Waals surface area contributed by atoms with Gasteiger partial charge in [-0.15, -0.1) is 0 Å². The van der Waals surface area contributed by atoms with Crippen molar-refractivity contribution in [1.82, 2.24) is 19.8 Å². The fourth-order valence-corrected chi connectivity index (χ4v) is 5.35. The molecule has 1 aromatic heterocycles. The topological polar surface area (TPSA) is 112 Å². The van der Waals surface area contributed by atoms with Crippen LogP contribution in [0.2, 0.25) is 0 Å². The summed E-state index contributed by atoms with van der Waals surface area (Å²) in [4.78, 5) is 41.0. The molecule has 11 heteroatoms. The van der Waals surface area contributed by atoms with Crippen molar-refractivity contribution < 1.29 is 19.1 Å². The van der Waals surface area contributed by atoms with Crippen LogP contribution < -0.4 is 4.90 Å². The zero-order chi connectivity index (χ0) is 28.2. The van der Waals surface area contributed by atoms with Crippen molar-refractivity contribution in [2.24, 2.45) is 0 Å². The molecule has 0 bridgehead atoms. The molecule has 0 N–H and O–H groups in total. The van der Waals surface area contributed by atoms with Gasteiger partial charge in [0.25, 0.3) is 0 Å². The first-order chi connectivity index (χ1) is 18.6. The van der Waals surface area contributed by atoms with Crippen LogP contribution in [-0.2, 0) is 29.0 Å². The lowest BCUT2D eigenvalue weighted by Crippen LogP contribution is -2.60. The average molecular weight is 553 g/mol. The van der Waals surface area contributed by atoms with E-state index in [0.717, 1.165) is 22.6 Å². The monoisotopic (exact) mass is 552 g/mol. The second kappa shape index (κ2) is 12.1. The Morgan fingerprint density at radius 1 is 1.15 bits per heavy atom. The van der Waals surface area contributed by atoms with Gasteiger partial charge < -0.3 is 19.3 Å². The van der Waals surface area contributed by atoms with Crippen LogP contribution in [0.3, 0.4) is 0 Å². The molecule has 3 heterocycles. The van der Waals surface area contributed by atoms with Crippen molar-refractivity contribution in [2.75, 3.05) is 30.8 Å². The minimum absolute atomic E-state index is 0.177. The Morgan fingerprint density at radius 2 is 1.90 bits per heavy atom. The van der Waals surface area contributed by atoms with E-state index in [2.05, 4.69) is 11.0 Å². The lowest BCUT2D eigenvalue weighted by Gasteiger charge is -2.45. The van der Waals surface area contributed by atoms with Crippen molar-refractivity contribution in [3.8, 4) is 6.07 Å². The van der Waals surface area contributed by atoms with Crippen molar-refractivity contribution in [2.45, 2.75) is 76.5 Å². The zero-order valence-electron chi connectivity index (χ0n) is 23.2. The molecule has 4 rings (SSSR count). The van der Waals surface area contributed by atoms with E-state index in [9.17, 15) is 14.9 Å². The van der Waals surface area contributed by atoms with Crippen LogP contribution in [0.15, 0.2) is 35.5 Å². The Bertz CT molecular complexity index is 1230. The van der Waals surface area contributed by atoms with E-state index in [-0.39, 0.29) is 31.2 Å². The summed E-state index contributed by atoms with van der Waals surface area (Å²) in [6.07, 6.45) is 1.91. The van der Waals surface area contributed by atoms with Gasteiger partial charge in [-0.05, 0) is 45.9 Å². The molecule has 1 saturated heterocycles. The summed E-state index contributed by atoms with van der Waals surface area (Å²) < 4.78 is 11.2. The van der Waals surface area contributed by atoms with E-state index in [4.69, 9.17) is 19.4 Å². The maximum Gasteiger partial charge on any atom is 0.410 e. The normalized spacial score (nSPS) is 19.2. The predicted molar refractivity (Wildman–Crippen MR) is 148 cm³/mol. The Kier molecular flexibility index (Phi) is 8.85. The number of nitriles is 1. The van der Waals surface area contributed by atoms with Gasteiger partial charge in [0, 0.05) is 25.2 Å². The number of nitrogens with zero attached hydrogens (tertiary/aromatic N) is 6. The number of thioether (sulfide) groups is 1. The Hall–Kier alpha value is -3.52. The molecule has 10 nitrogen and oxygen atoms in total. The van der Waals surface area contributed by atoms with Gasteiger partial charge in [0.2, 0.25) is 0 Å². The SMILES string of the molecule is CSc1nc2c(c(N3C[C@H](CC#N)N(C(=O)OCc4ccccc4)[C@H](C)C3)n1)CCN(C(=O)OC(C)(C)C)C2. The number of hydrogen-bond acceptors (Lipinski definition) is 9. The molecule has 208 valence electrons. The van der Waals surface area contributed by atoms with Crippen LogP contribution >= 0.6 is 11.8 Å². The number of carbonyl (C=O) groups is 2. The summed E-state index contributed by atoms with van der Waals surface area (Å²) in [5.74, 6) is 0.806. The van der Waals surface area contributed by atoms with Crippen molar-refractivity contribution >= 4 is 29.8 Å². The summed E-state index contributed by atoms with van der Waals surface area (Å²) in [6, 6.07) is 11.2. The number of amides is 2. The first-order valence-corrected chi connectivity index (χ1v) is 14.3. The smallest absolute Gasteiger partial charge is 0.410 e. The van der Waals surface area contributed by atoms with Crippen molar-refractivity contribution in [3.63, 3.8) is 0 Å². The second-order valence-corrected chi connectivity index (χ2v) is 11.6. The Balaban J connectivity index is 1.54. The molecule has 2 aromatic rings. The maximum absolute atomic E-state index is 13.1. The maximum atomic E-state index is 13.1. The van der Waals surface area contributed by atoms with Crippen LogP contribution in [0.5, 0.6) is 0 Å². The Morgan fingerprint density at radius 3 is 2.56 bits per heavy atom. The van der Waals surface area contributed by atoms with E-state index in [1.807, 2.05) is 64.3 Å². The summed E-state index contributed by atoms with van der Waals surface area (Å²) in [7, 11) is 0. The number of anilines is 1. The van der Waals surface area contributed by atoms with E-state index in [1.165, 1.54) is 11.8 Å². The molecule has 0 saturated carbocycles. The fraction of sp³-hybridized carbons (Fsp3) is 0.536. The first kappa shape index (κ1) is 28.5. The van der Waals surface area contributed by atoms with Crippen LogP contribution in [0.1, 0.15) is 50.9 Å². The minimum atomic E-state index is -0.577. The molecule has 0 aliphatic carbocycles. The van der Waals surface area contributed by atoms with Gasteiger partial charge >= 0.3 is 12.2 Å². The van der Waals surface area contributed by atoms with E-state index >= 15 is 0 Å². The van der Waals surface area contributed by atoms with Gasteiger partial charge in [0.05, 0.1) is 36.8 Å². The number of aromatic nitrogens is 2. The summed E-state index contributed by atoms with van der Waals surface area (Å²) in [6.45, 7) is 9.53. The molecular formula is C28H36N6O4S. The average Bonchev–Trinajstić information content (AvgIpc) is 2.90. The first-order valence-electron chi connectivity index (χ1n) is 13.1. The van der Waals surface area contributed by atoms with E-state index < -0.39 is 11.7 Å². The minimum Gasteiger partial charge on any atom is -0.445 e. The molecule has 0 spiro atoms. The molecule has 39 heavy (non-hydrogen) atoms. The quantitative estimate of drug-likeness (QED) is 0.387. The third-order valence-corrected chi connectivity index (χ3v) is 7.23. The number of hydrogen-bond donors (Lipinski definition) is 0. The summed E-state index contributed by atoms with van der Waals surface area (Å²) in [5.41, 5.74) is 2.13. The van der Waals surface area contributed by atoms with Gasteiger partial charge in [0.15, 0.2) is 5.16 Å². The number of fused-ring (bicyclic) bond motifs is 1. The van der Waals surface area contributed by atoms with Gasteiger partial charge in [-0.1, -0.05) is 42.1 Å². The van der Waals surface area contributed by atoms with Gasteiger partial charge in [-0.25, -0.2) is 19.6 Å². The van der Waals surface area contributed by atoms with Crippen molar-refractivity contribution in [1.29, 1.82) is 5.26 Å². The zero-order valence-corrected chi connectivity index (χ0v) is 24.0. The Labute approximate surface area is 234 Å². The summed E-state index contributed by atoms with van der Waals surface area (Å²) in [5, 5.41) is 10.2. The van der Waals surface area contributed by atoms with Crippen LogP contribution in [0, 0.1) is 11.3 Å². The van der Waals surface area contributed by atoms with E-state index in [0.29, 0.717) is 37.8 Å². The number of rotatable bonds is 5. The lowest BCUT2D eigenvalue weighted by molar-refractivity contribution is 0.0220. The van der Waals surface area contributed by atoms with Gasteiger partial charge in [-0.3, -0.25) is 4.90 Å². The highest BCUT2D eigenvalue weighted by molar-refractivity contribution is 7.98. The molecule has 1 aromatic carbocycles. The fourth-order valence-electron chi connectivity index (χ4n) is 4.97. The molecule has 0 radical (unpaired) electrons. The van der Waals surface area contributed by atoms with Crippen molar-refractivity contribution in [3.05, 3.63) is 47.2 Å². The number of benzene rings is 1. The van der Waals surface area contributed by atoms with E-state index in [1.54, 1.807) is 9.80 Å². The highest BCUT2D eigenvalue weighted by atomic mass is 32.2. The van der Waals surface area contributed by atoms with Gasteiger partial charge in [0.1, 0.15) is 18.0 Å². The van der Waals surface area contributed by atoms with Crippen LogP contribution in [-0.4, -0.2) is 75.5 Å². The standard InChI is InChI=1S/C28H36N6O4S/c1-19-15-33(16-21(11-13-29)34(19)27(36)37-18-20-9-7-6-8-10-20)24-22-12-14-32(26(35)38-28(2,3)4)17-23(22)30-25(31-24)39-5/h6-10,19,21H,11-12,14-18H2,1-5H3/t19-,21+/m1/s1. The number of carbonyl (C=O) groups excluding carboxylic acids is 2. The summed E-state index contributed by atoms with van der Waals surface area (Å²) >= 11 is 1.44. The van der Waals surface area contributed by atoms with Gasteiger partial charge in [-0.2, -0.15) is 5.26 Å². The number of ether oxygens (including phenoxy) is 2. The molecule has 2 amide bonds. The molecular weight excluding hydrogens is 516 g/mol. The second-order valence-electron chi connectivity index (χ2n) is 10.8. The predicted octanol–water partition coefficient (Wildman–Crippen LogP) is 4.62. The molecule has 1 fully saturated rings. The lowest BCUT2D eigenvalue weighted by atomic mass is 10.0. The highest BCUT2D eigenvalue weighted by Gasteiger charge is 2.39. The van der Waals surface area contributed by atoms with Crippen LogP contribution in [0.4, 0.5) is 15.4 Å². The van der Waals surface area contributed by atoms with Crippen LogP contribution in [0.25, 0.3) is 0 Å². The number of piperazine rings is 1. The molecule has 2 atom stereocenters. The third kappa shape index (κ3) is 6.92. The molecule has 2 aliphatic heterocycles. The largest absolute Gasteiger partial charge is 0.445 e. The highest BCUT2D eigenvalue weighted by Crippen LogP contribution is 2.32. The third-order valence-electron chi connectivity index (χ3n) is 6.68.